The Hall–Kier alpha value is -0.850. The summed E-state index contributed by atoms with van der Waals surface area (Å²) in [5, 5.41) is 12.1. The van der Waals surface area contributed by atoms with Gasteiger partial charge in [-0.2, -0.15) is 5.26 Å². The first kappa shape index (κ1) is 9.24. The normalized spacial score (nSPS) is 21.2. The molecule has 0 aromatic rings. The third kappa shape index (κ3) is 2.07. The van der Waals surface area contributed by atoms with Crippen LogP contribution in [0.4, 0.5) is 0 Å². The summed E-state index contributed by atoms with van der Waals surface area (Å²) in [7, 11) is 0. The van der Waals surface area contributed by atoms with E-state index in [0.29, 0.717) is 19.8 Å². The molecular formula is C9H14N2O. The molecule has 0 aromatic heterocycles. The molecule has 1 heterocycles. The van der Waals surface area contributed by atoms with E-state index in [0.717, 1.165) is 12.8 Å². The molecule has 1 rings (SSSR count). The molecule has 1 saturated heterocycles. The van der Waals surface area contributed by atoms with E-state index < -0.39 is 0 Å². The fraction of sp³-hybridized carbons (Fsp3) is 0.667. The average Bonchev–Trinajstić information content (AvgIpc) is 2.16. The van der Waals surface area contributed by atoms with Crippen molar-refractivity contribution in [3.63, 3.8) is 0 Å². The highest BCUT2D eigenvalue weighted by Crippen LogP contribution is 2.19. The van der Waals surface area contributed by atoms with Crippen LogP contribution in [0.15, 0.2) is 12.7 Å². The van der Waals surface area contributed by atoms with Crippen LogP contribution in [-0.2, 0) is 4.74 Å². The number of ether oxygens (including phenoxy) is 1. The van der Waals surface area contributed by atoms with Crippen molar-refractivity contribution in [3.05, 3.63) is 12.7 Å². The Morgan fingerprint density at radius 2 is 2.25 bits per heavy atom. The van der Waals surface area contributed by atoms with Crippen molar-refractivity contribution in [2.24, 2.45) is 0 Å². The average molecular weight is 166 g/mol. The molecule has 0 radical (unpaired) electrons. The summed E-state index contributed by atoms with van der Waals surface area (Å²) < 4.78 is 5.19. The Kier molecular flexibility index (Phi) is 3.27. The Bertz CT molecular complexity index is 189. The summed E-state index contributed by atoms with van der Waals surface area (Å²) in [6.45, 7) is 5.65. The van der Waals surface area contributed by atoms with Crippen LogP contribution in [0.2, 0.25) is 0 Å². The Balaban J connectivity index is 2.49. The maximum Gasteiger partial charge on any atom is 0.111 e. The SMILES string of the molecule is C=CCNC1(C#N)CCOCC1. The maximum atomic E-state index is 8.97. The number of nitriles is 1. The Morgan fingerprint density at radius 3 is 2.75 bits per heavy atom. The first-order chi connectivity index (χ1) is 5.83. The molecule has 0 spiro atoms. The topological polar surface area (TPSA) is 45.0 Å². The van der Waals surface area contributed by atoms with Crippen molar-refractivity contribution in [3.8, 4) is 6.07 Å². The number of nitrogens with one attached hydrogen (secondary N) is 1. The van der Waals surface area contributed by atoms with Crippen molar-refractivity contribution in [2.45, 2.75) is 18.4 Å². The molecule has 3 heteroatoms. The third-order valence-corrected chi connectivity index (χ3v) is 2.15. The minimum atomic E-state index is -0.369. The van der Waals surface area contributed by atoms with E-state index >= 15 is 0 Å². The van der Waals surface area contributed by atoms with E-state index in [1.165, 1.54) is 0 Å². The molecule has 0 amide bonds. The molecule has 0 bridgehead atoms. The van der Waals surface area contributed by atoms with Crippen molar-refractivity contribution in [2.75, 3.05) is 19.8 Å². The summed E-state index contributed by atoms with van der Waals surface area (Å²) in [5.41, 5.74) is -0.369. The van der Waals surface area contributed by atoms with Crippen LogP contribution in [-0.4, -0.2) is 25.3 Å². The van der Waals surface area contributed by atoms with Crippen molar-refractivity contribution in [1.82, 2.24) is 5.32 Å². The van der Waals surface area contributed by atoms with Gasteiger partial charge in [0.15, 0.2) is 0 Å². The van der Waals surface area contributed by atoms with Crippen LogP contribution in [0.25, 0.3) is 0 Å². The molecule has 0 saturated carbocycles. The van der Waals surface area contributed by atoms with Gasteiger partial charge in [0.2, 0.25) is 0 Å². The second-order valence-electron chi connectivity index (χ2n) is 2.98. The van der Waals surface area contributed by atoms with Crippen LogP contribution in [0.3, 0.4) is 0 Å². The van der Waals surface area contributed by atoms with Crippen molar-refractivity contribution < 1.29 is 4.74 Å². The monoisotopic (exact) mass is 166 g/mol. The highest BCUT2D eigenvalue weighted by molar-refractivity contribution is 5.08. The largest absolute Gasteiger partial charge is 0.381 e. The summed E-state index contributed by atoms with van der Waals surface area (Å²) in [6, 6.07) is 2.31. The minimum absolute atomic E-state index is 0.369. The zero-order valence-corrected chi connectivity index (χ0v) is 7.18. The van der Waals surface area contributed by atoms with E-state index in [9.17, 15) is 0 Å². The molecule has 0 aliphatic carbocycles. The number of hydrogen-bond acceptors (Lipinski definition) is 3. The standard InChI is InChI=1S/C9H14N2O/c1-2-5-11-9(8-10)3-6-12-7-4-9/h2,11H,1,3-7H2. The Morgan fingerprint density at radius 1 is 1.58 bits per heavy atom. The lowest BCUT2D eigenvalue weighted by atomic mass is 9.92. The summed E-state index contributed by atoms with van der Waals surface area (Å²) in [4.78, 5) is 0. The van der Waals surface area contributed by atoms with Gasteiger partial charge in [-0.1, -0.05) is 6.08 Å². The lowest BCUT2D eigenvalue weighted by Crippen LogP contribution is -2.48. The van der Waals surface area contributed by atoms with Crippen LogP contribution in [0.1, 0.15) is 12.8 Å². The lowest BCUT2D eigenvalue weighted by molar-refractivity contribution is 0.0592. The van der Waals surface area contributed by atoms with Gasteiger partial charge in [0.25, 0.3) is 0 Å². The lowest BCUT2D eigenvalue weighted by Gasteiger charge is -2.31. The van der Waals surface area contributed by atoms with Crippen molar-refractivity contribution >= 4 is 0 Å². The van der Waals surface area contributed by atoms with Gasteiger partial charge in [-0.3, -0.25) is 5.32 Å². The van der Waals surface area contributed by atoms with Gasteiger partial charge < -0.3 is 4.74 Å². The van der Waals surface area contributed by atoms with Crippen LogP contribution >= 0.6 is 0 Å². The molecular weight excluding hydrogens is 152 g/mol. The summed E-state index contributed by atoms with van der Waals surface area (Å²) in [5.74, 6) is 0. The molecule has 12 heavy (non-hydrogen) atoms. The van der Waals surface area contributed by atoms with E-state index in [1.807, 2.05) is 0 Å². The molecule has 0 aromatic carbocycles. The van der Waals surface area contributed by atoms with Gasteiger partial charge >= 0.3 is 0 Å². The minimum Gasteiger partial charge on any atom is -0.381 e. The van der Waals surface area contributed by atoms with Gasteiger partial charge in [-0.25, -0.2) is 0 Å². The van der Waals surface area contributed by atoms with Crippen molar-refractivity contribution in [1.29, 1.82) is 5.26 Å². The third-order valence-electron chi connectivity index (χ3n) is 2.15. The molecule has 66 valence electrons. The predicted octanol–water partition coefficient (Wildman–Crippen LogP) is 0.835. The van der Waals surface area contributed by atoms with E-state index in [-0.39, 0.29) is 5.54 Å². The fourth-order valence-corrected chi connectivity index (χ4v) is 1.32. The number of nitrogens with zero attached hydrogens (tertiary/aromatic N) is 1. The molecule has 1 aliphatic rings. The van der Waals surface area contributed by atoms with Gasteiger partial charge in [0, 0.05) is 32.6 Å². The zero-order chi connectivity index (χ0) is 8.86. The number of rotatable bonds is 3. The molecule has 0 unspecified atom stereocenters. The summed E-state index contributed by atoms with van der Waals surface area (Å²) >= 11 is 0. The number of hydrogen-bond donors (Lipinski definition) is 1. The highest BCUT2D eigenvalue weighted by Gasteiger charge is 2.31. The van der Waals surface area contributed by atoms with E-state index in [1.54, 1.807) is 6.08 Å². The second-order valence-corrected chi connectivity index (χ2v) is 2.98. The zero-order valence-electron chi connectivity index (χ0n) is 7.18. The van der Waals surface area contributed by atoms with Gasteiger partial charge in [-0.15, -0.1) is 6.58 Å². The van der Waals surface area contributed by atoms with Crippen LogP contribution < -0.4 is 5.32 Å². The fourth-order valence-electron chi connectivity index (χ4n) is 1.32. The first-order valence-corrected chi connectivity index (χ1v) is 4.18. The molecule has 3 nitrogen and oxygen atoms in total. The van der Waals surface area contributed by atoms with Gasteiger partial charge in [-0.05, 0) is 0 Å². The quantitative estimate of drug-likeness (QED) is 0.632. The van der Waals surface area contributed by atoms with Crippen LogP contribution in [0.5, 0.6) is 0 Å². The smallest absolute Gasteiger partial charge is 0.111 e. The highest BCUT2D eigenvalue weighted by atomic mass is 16.5. The maximum absolute atomic E-state index is 8.97. The predicted molar refractivity (Wildman–Crippen MR) is 46.6 cm³/mol. The van der Waals surface area contributed by atoms with Gasteiger partial charge in [0.05, 0.1) is 6.07 Å². The van der Waals surface area contributed by atoms with E-state index in [2.05, 4.69) is 18.0 Å². The summed E-state index contributed by atoms with van der Waals surface area (Å²) in [6.07, 6.45) is 3.32. The first-order valence-electron chi connectivity index (χ1n) is 4.18. The molecule has 0 atom stereocenters. The van der Waals surface area contributed by atoms with Crippen LogP contribution in [0, 0.1) is 11.3 Å². The Labute approximate surface area is 73.0 Å². The molecule has 1 aliphatic heterocycles. The van der Waals surface area contributed by atoms with E-state index in [4.69, 9.17) is 10.00 Å². The van der Waals surface area contributed by atoms with Gasteiger partial charge in [0.1, 0.15) is 5.54 Å². The molecule has 1 fully saturated rings. The molecule has 1 N–H and O–H groups in total. The second kappa shape index (κ2) is 4.24.